The molecule has 3 heteroatoms. The van der Waals surface area contributed by atoms with Crippen molar-refractivity contribution in [3.8, 4) is 11.5 Å². The van der Waals surface area contributed by atoms with Crippen molar-refractivity contribution in [3.63, 3.8) is 0 Å². The molecule has 0 bridgehead atoms. The molecule has 14 heavy (non-hydrogen) atoms. The van der Waals surface area contributed by atoms with Crippen LogP contribution in [-0.2, 0) is 0 Å². The van der Waals surface area contributed by atoms with Gasteiger partial charge in [0.2, 0.25) is 0 Å². The summed E-state index contributed by atoms with van der Waals surface area (Å²) in [4.78, 5) is 0. The van der Waals surface area contributed by atoms with Crippen molar-refractivity contribution in [2.24, 2.45) is 0 Å². The Bertz CT molecular complexity index is 343. The Labute approximate surface area is 84.0 Å². The number of benzene rings is 1. The largest absolute Gasteiger partial charge is 0.504 e. The number of hydrogen-bond acceptors (Lipinski definition) is 3. The minimum Gasteiger partial charge on any atom is -0.504 e. The second-order valence-electron chi connectivity index (χ2n) is 3.47. The number of aliphatic hydroxyl groups is 1. The molecule has 3 nitrogen and oxygen atoms in total. The zero-order chi connectivity index (χ0) is 10.9. The molecule has 0 amide bonds. The van der Waals surface area contributed by atoms with Crippen LogP contribution in [0.2, 0.25) is 0 Å². The molecular formula is C11H16O3. The maximum atomic E-state index is 9.77. The molecule has 0 aliphatic heterocycles. The first kappa shape index (κ1) is 10.9. The van der Waals surface area contributed by atoms with Crippen molar-refractivity contribution >= 4 is 0 Å². The molecule has 1 rings (SSSR count). The highest BCUT2D eigenvalue weighted by Crippen LogP contribution is 2.38. The van der Waals surface area contributed by atoms with E-state index in [-0.39, 0.29) is 5.75 Å². The fourth-order valence-electron chi connectivity index (χ4n) is 1.43. The van der Waals surface area contributed by atoms with Crippen molar-refractivity contribution in [2.75, 3.05) is 7.11 Å². The average molecular weight is 196 g/mol. The monoisotopic (exact) mass is 196 g/mol. The van der Waals surface area contributed by atoms with Crippen LogP contribution in [0.3, 0.4) is 0 Å². The third-order valence-electron chi connectivity index (χ3n) is 2.45. The van der Waals surface area contributed by atoms with Gasteiger partial charge in [-0.3, -0.25) is 0 Å². The Morgan fingerprint density at radius 2 is 1.93 bits per heavy atom. The minimum atomic E-state index is -0.643. The highest BCUT2D eigenvalue weighted by atomic mass is 16.5. The van der Waals surface area contributed by atoms with E-state index in [1.54, 1.807) is 6.92 Å². The van der Waals surface area contributed by atoms with Crippen LogP contribution in [0.4, 0.5) is 0 Å². The lowest BCUT2D eigenvalue weighted by molar-refractivity contribution is 0.193. The predicted octanol–water partition coefficient (Wildman–Crippen LogP) is 2.07. The fraction of sp³-hybridized carbons (Fsp3) is 0.455. The van der Waals surface area contributed by atoms with Crippen molar-refractivity contribution in [1.82, 2.24) is 0 Å². The number of ether oxygens (including phenoxy) is 1. The van der Waals surface area contributed by atoms with Crippen molar-refractivity contribution in [1.29, 1.82) is 0 Å². The first-order chi connectivity index (χ1) is 6.49. The van der Waals surface area contributed by atoms with Crippen LogP contribution < -0.4 is 4.74 Å². The smallest absolute Gasteiger partial charge is 0.166 e. The molecule has 0 aromatic heterocycles. The maximum Gasteiger partial charge on any atom is 0.166 e. The van der Waals surface area contributed by atoms with E-state index in [1.165, 1.54) is 7.11 Å². The maximum absolute atomic E-state index is 9.77. The van der Waals surface area contributed by atoms with E-state index in [2.05, 4.69) is 0 Å². The van der Waals surface area contributed by atoms with E-state index in [9.17, 15) is 10.2 Å². The zero-order valence-electron chi connectivity index (χ0n) is 8.96. The second kappa shape index (κ2) is 3.88. The summed E-state index contributed by atoms with van der Waals surface area (Å²) >= 11 is 0. The van der Waals surface area contributed by atoms with Crippen LogP contribution in [0.1, 0.15) is 29.7 Å². The number of aliphatic hydroxyl groups excluding tert-OH is 1. The van der Waals surface area contributed by atoms with Crippen molar-refractivity contribution < 1.29 is 14.9 Å². The predicted molar refractivity (Wildman–Crippen MR) is 54.8 cm³/mol. The van der Waals surface area contributed by atoms with Crippen LogP contribution in [-0.4, -0.2) is 17.3 Å². The molecular weight excluding hydrogens is 180 g/mol. The summed E-state index contributed by atoms with van der Waals surface area (Å²) in [7, 11) is 1.48. The summed E-state index contributed by atoms with van der Waals surface area (Å²) in [5.41, 5.74) is 2.35. The van der Waals surface area contributed by atoms with Crippen LogP contribution in [0.25, 0.3) is 0 Å². The molecule has 0 aliphatic rings. The second-order valence-corrected chi connectivity index (χ2v) is 3.47. The van der Waals surface area contributed by atoms with Crippen LogP contribution in [0.15, 0.2) is 6.07 Å². The van der Waals surface area contributed by atoms with Gasteiger partial charge in [0.25, 0.3) is 0 Å². The highest BCUT2D eigenvalue weighted by molar-refractivity contribution is 5.54. The van der Waals surface area contributed by atoms with E-state index in [4.69, 9.17) is 4.74 Å². The number of aromatic hydroxyl groups is 1. The Balaban J connectivity index is 3.43. The van der Waals surface area contributed by atoms with Gasteiger partial charge in [-0.1, -0.05) is 0 Å². The van der Waals surface area contributed by atoms with Gasteiger partial charge in [0.1, 0.15) is 0 Å². The van der Waals surface area contributed by atoms with Gasteiger partial charge in [0.15, 0.2) is 11.5 Å². The lowest BCUT2D eigenvalue weighted by Gasteiger charge is -2.15. The SMILES string of the molecule is COc1c(C(C)O)cc(C)c(C)c1O. The molecule has 1 atom stereocenters. The third kappa shape index (κ3) is 1.68. The van der Waals surface area contributed by atoms with E-state index in [1.807, 2.05) is 19.9 Å². The Morgan fingerprint density at radius 3 is 2.36 bits per heavy atom. The molecule has 2 N–H and O–H groups in total. The van der Waals surface area contributed by atoms with Gasteiger partial charge in [0, 0.05) is 5.56 Å². The van der Waals surface area contributed by atoms with E-state index in [0.717, 1.165) is 11.1 Å². The molecule has 78 valence electrons. The number of hydrogen-bond donors (Lipinski definition) is 2. The van der Waals surface area contributed by atoms with Crippen molar-refractivity contribution in [2.45, 2.75) is 26.9 Å². The molecule has 1 aromatic rings. The van der Waals surface area contributed by atoms with E-state index >= 15 is 0 Å². The molecule has 1 aromatic carbocycles. The van der Waals surface area contributed by atoms with Gasteiger partial charge in [-0.25, -0.2) is 0 Å². The average Bonchev–Trinajstić information content (AvgIpc) is 2.13. The molecule has 0 spiro atoms. The topological polar surface area (TPSA) is 49.7 Å². The van der Waals surface area contributed by atoms with Gasteiger partial charge in [-0.05, 0) is 38.0 Å². The van der Waals surface area contributed by atoms with Gasteiger partial charge < -0.3 is 14.9 Å². The lowest BCUT2D eigenvalue weighted by Crippen LogP contribution is -1.99. The van der Waals surface area contributed by atoms with Gasteiger partial charge in [-0.15, -0.1) is 0 Å². The van der Waals surface area contributed by atoms with Gasteiger partial charge in [-0.2, -0.15) is 0 Å². The number of rotatable bonds is 2. The number of phenols is 1. The third-order valence-corrected chi connectivity index (χ3v) is 2.45. The summed E-state index contributed by atoms with van der Waals surface area (Å²) in [6.07, 6.45) is -0.643. The molecule has 0 aliphatic carbocycles. The first-order valence-corrected chi connectivity index (χ1v) is 4.54. The first-order valence-electron chi connectivity index (χ1n) is 4.54. The van der Waals surface area contributed by atoms with Gasteiger partial charge in [0.05, 0.1) is 13.2 Å². The summed E-state index contributed by atoms with van der Waals surface area (Å²) in [5.74, 6) is 0.478. The summed E-state index contributed by atoms with van der Waals surface area (Å²) < 4.78 is 5.06. The summed E-state index contributed by atoms with van der Waals surface area (Å²) in [6, 6.07) is 1.83. The Hall–Kier alpha value is -1.22. The molecule has 0 radical (unpaired) electrons. The lowest BCUT2D eigenvalue weighted by atomic mass is 10.0. The molecule has 0 fully saturated rings. The molecule has 0 saturated heterocycles. The molecule has 1 unspecified atom stereocenters. The van der Waals surface area contributed by atoms with E-state index < -0.39 is 6.10 Å². The van der Waals surface area contributed by atoms with E-state index in [0.29, 0.717) is 11.3 Å². The fourth-order valence-corrected chi connectivity index (χ4v) is 1.43. The Kier molecular flexibility index (Phi) is 3.01. The standard InChI is InChI=1S/C11H16O3/c1-6-5-9(8(3)12)11(14-4)10(13)7(6)2/h5,8,12-13H,1-4H3. The quantitative estimate of drug-likeness (QED) is 0.761. The highest BCUT2D eigenvalue weighted by Gasteiger charge is 2.16. The molecule has 0 saturated carbocycles. The minimum absolute atomic E-state index is 0.114. The van der Waals surface area contributed by atoms with Crippen LogP contribution >= 0.6 is 0 Å². The normalized spacial score (nSPS) is 12.6. The van der Waals surface area contributed by atoms with Crippen LogP contribution in [0.5, 0.6) is 11.5 Å². The molecule has 0 heterocycles. The van der Waals surface area contributed by atoms with Crippen molar-refractivity contribution in [3.05, 3.63) is 22.8 Å². The Morgan fingerprint density at radius 1 is 1.36 bits per heavy atom. The number of phenolic OH excluding ortho intramolecular Hbond substituents is 1. The summed E-state index contributed by atoms with van der Waals surface area (Å²) in [5, 5.41) is 19.3. The number of aryl methyl sites for hydroxylation is 1. The summed E-state index contributed by atoms with van der Waals surface area (Å²) in [6.45, 7) is 5.35. The zero-order valence-corrected chi connectivity index (χ0v) is 8.96. The van der Waals surface area contributed by atoms with Crippen LogP contribution in [0, 0.1) is 13.8 Å². The van der Waals surface area contributed by atoms with Gasteiger partial charge >= 0.3 is 0 Å². The number of methoxy groups -OCH3 is 1.